The van der Waals surface area contributed by atoms with Gasteiger partial charge in [-0.05, 0) is 68.9 Å². The van der Waals surface area contributed by atoms with Crippen molar-refractivity contribution in [2.24, 2.45) is 7.05 Å². The highest BCUT2D eigenvalue weighted by atomic mass is 16.2. The van der Waals surface area contributed by atoms with E-state index in [0.717, 1.165) is 52.9 Å². The van der Waals surface area contributed by atoms with Crippen LogP contribution >= 0.6 is 0 Å². The molecule has 0 radical (unpaired) electrons. The zero-order chi connectivity index (χ0) is 21.4. The van der Waals surface area contributed by atoms with Crippen molar-refractivity contribution in [3.05, 3.63) is 69.2 Å². The van der Waals surface area contributed by atoms with Crippen LogP contribution in [0.5, 0.6) is 0 Å². The lowest BCUT2D eigenvalue weighted by molar-refractivity contribution is 0.0603. The second-order valence-electron chi connectivity index (χ2n) is 8.11. The Kier molecular flexibility index (Phi) is 5.28. The molecule has 0 aromatic carbocycles. The van der Waals surface area contributed by atoms with Crippen LogP contribution in [-0.2, 0) is 7.05 Å². The first-order valence-corrected chi connectivity index (χ1v) is 10.3. The van der Waals surface area contributed by atoms with E-state index in [2.05, 4.69) is 15.2 Å². The number of piperidine rings is 1. The molecule has 0 spiro atoms. The van der Waals surface area contributed by atoms with Gasteiger partial charge in [-0.25, -0.2) is 0 Å². The molecule has 1 saturated heterocycles. The highest BCUT2D eigenvalue weighted by molar-refractivity contribution is 5.95. The molecule has 3 aromatic heterocycles. The molecule has 1 aliphatic heterocycles. The Morgan fingerprint density at radius 2 is 1.93 bits per heavy atom. The summed E-state index contributed by atoms with van der Waals surface area (Å²) in [4.78, 5) is 32.5. The number of H-pyrrole nitrogens is 1. The minimum atomic E-state index is -0.239. The van der Waals surface area contributed by atoms with Crippen molar-refractivity contribution >= 4 is 5.91 Å². The molecule has 1 N–H and O–H groups in total. The number of aromatic amines is 1. The number of amides is 1. The van der Waals surface area contributed by atoms with Gasteiger partial charge >= 0.3 is 0 Å². The smallest absolute Gasteiger partial charge is 0.263 e. The molecule has 30 heavy (non-hydrogen) atoms. The van der Waals surface area contributed by atoms with E-state index < -0.39 is 0 Å². The van der Waals surface area contributed by atoms with Gasteiger partial charge in [-0.2, -0.15) is 5.10 Å². The largest absolute Gasteiger partial charge is 0.330 e. The topological polar surface area (TPSA) is 83.9 Å². The summed E-state index contributed by atoms with van der Waals surface area (Å²) in [6, 6.07) is 3.72. The standard InChI is InChI=1S/C23H27N5O2/c1-14-11-16(3)27(4)22(29)20(14)23(30)28-10-6-5-7-19(28)21-18(13-25-26-21)17-8-9-24-12-15(17)2/h8-9,11-13,19H,5-7,10H2,1-4H3,(H,25,26)/t19-/m0/s1. The van der Waals surface area contributed by atoms with Crippen molar-refractivity contribution in [1.29, 1.82) is 0 Å². The van der Waals surface area contributed by atoms with Crippen LogP contribution in [-0.4, -0.2) is 37.1 Å². The number of aromatic nitrogens is 4. The Labute approximate surface area is 175 Å². The summed E-state index contributed by atoms with van der Waals surface area (Å²) in [5, 5.41) is 7.43. The summed E-state index contributed by atoms with van der Waals surface area (Å²) in [6.45, 7) is 6.35. The second-order valence-corrected chi connectivity index (χ2v) is 8.11. The number of carbonyl (C=O) groups excluding carboxylic acids is 1. The van der Waals surface area contributed by atoms with Gasteiger partial charge in [0.1, 0.15) is 5.56 Å². The molecule has 156 valence electrons. The monoisotopic (exact) mass is 405 g/mol. The van der Waals surface area contributed by atoms with Gasteiger partial charge in [-0.3, -0.25) is 19.7 Å². The fourth-order valence-corrected chi connectivity index (χ4v) is 4.40. The van der Waals surface area contributed by atoms with Gasteiger partial charge in [-0.1, -0.05) is 0 Å². The second kappa shape index (κ2) is 7.89. The number of likely N-dealkylation sites (tertiary alicyclic amines) is 1. The number of hydrogen-bond acceptors (Lipinski definition) is 4. The summed E-state index contributed by atoms with van der Waals surface area (Å²) in [5.74, 6) is -0.204. The number of nitrogens with zero attached hydrogens (tertiary/aromatic N) is 4. The van der Waals surface area contributed by atoms with Crippen molar-refractivity contribution in [2.45, 2.75) is 46.1 Å². The fourth-order valence-electron chi connectivity index (χ4n) is 4.40. The van der Waals surface area contributed by atoms with Crippen LogP contribution < -0.4 is 5.56 Å². The summed E-state index contributed by atoms with van der Waals surface area (Å²) in [5.41, 5.74) is 5.58. The van der Waals surface area contributed by atoms with Gasteiger partial charge in [0.2, 0.25) is 0 Å². The molecule has 1 aliphatic rings. The molecular weight excluding hydrogens is 378 g/mol. The number of pyridine rings is 2. The van der Waals surface area contributed by atoms with Crippen molar-refractivity contribution in [2.75, 3.05) is 6.54 Å². The first-order valence-electron chi connectivity index (χ1n) is 10.3. The third-order valence-corrected chi connectivity index (χ3v) is 6.16. The molecule has 0 unspecified atom stereocenters. The van der Waals surface area contributed by atoms with E-state index in [0.29, 0.717) is 6.54 Å². The average molecular weight is 406 g/mol. The number of hydrogen-bond donors (Lipinski definition) is 1. The molecule has 0 saturated carbocycles. The predicted octanol–water partition coefficient (Wildman–Crippen LogP) is 3.46. The van der Waals surface area contributed by atoms with Crippen LogP contribution in [0.4, 0.5) is 0 Å². The predicted molar refractivity (Wildman–Crippen MR) is 115 cm³/mol. The normalized spacial score (nSPS) is 16.7. The minimum absolute atomic E-state index is 0.151. The van der Waals surface area contributed by atoms with E-state index in [1.807, 2.05) is 50.2 Å². The lowest BCUT2D eigenvalue weighted by Gasteiger charge is -2.36. The van der Waals surface area contributed by atoms with Gasteiger partial charge < -0.3 is 9.47 Å². The van der Waals surface area contributed by atoms with E-state index in [9.17, 15) is 9.59 Å². The van der Waals surface area contributed by atoms with Crippen molar-refractivity contribution in [1.82, 2.24) is 24.6 Å². The Morgan fingerprint density at radius 1 is 1.13 bits per heavy atom. The zero-order valence-electron chi connectivity index (χ0n) is 17.9. The summed E-state index contributed by atoms with van der Waals surface area (Å²) in [6.07, 6.45) is 8.18. The zero-order valence-corrected chi connectivity index (χ0v) is 17.9. The van der Waals surface area contributed by atoms with E-state index >= 15 is 0 Å². The third-order valence-electron chi connectivity index (χ3n) is 6.16. The number of aryl methyl sites for hydroxylation is 3. The maximum Gasteiger partial charge on any atom is 0.263 e. The maximum atomic E-state index is 13.6. The minimum Gasteiger partial charge on any atom is -0.330 e. The lowest BCUT2D eigenvalue weighted by atomic mass is 9.92. The molecule has 1 fully saturated rings. The molecule has 0 aliphatic carbocycles. The Morgan fingerprint density at radius 3 is 2.70 bits per heavy atom. The van der Waals surface area contributed by atoms with Crippen molar-refractivity contribution < 1.29 is 4.79 Å². The first-order chi connectivity index (χ1) is 14.4. The molecule has 7 heteroatoms. The summed E-state index contributed by atoms with van der Waals surface area (Å²) < 4.78 is 1.54. The lowest BCUT2D eigenvalue weighted by Crippen LogP contribution is -2.42. The number of carbonyl (C=O) groups is 1. The average Bonchev–Trinajstić information content (AvgIpc) is 3.22. The third kappa shape index (κ3) is 3.34. The van der Waals surface area contributed by atoms with E-state index in [4.69, 9.17) is 0 Å². The number of rotatable bonds is 3. The van der Waals surface area contributed by atoms with E-state index in [1.165, 1.54) is 0 Å². The van der Waals surface area contributed by atoms with E-state index in [-0.39, 0.29) is 23.1 Å². The van der Waals surface area contributed by atoms with Crippen LogP contribution in [0.3, 0.4) is 0 Å². The molecule has 4 heterocycles. The molecular formula is C23H27N5O2. The molecule has 1 atom stereocenters. The van der Waals surface area contributed by atoms with Crippen LogP contribution in [0, 0.1) is 20.8 Å². The van der Waals surface area contributed by atoms with Gasteiger partial charge in [0.25, 0.3) is 11.5 Å². The Hall–Kier alpha value is -3.22. The van der Waals surface area contributed by atoms with E-state index in [1.54, 1.807) is 17.8 Å². The quantitative estimate of drug-likeness (QED) is 0.723. The van der Waals surface area contributed by atoms with Crippen LogP contribution in [0.2, 0.25) is 0 Å². The van der Waals surface area contributed by atoms with Gasteiger partial charge in [0, 0.05) is 37.2 Å². The van der Waals surface area contributed by atoms with Gasteiger partial charge in [-0.15, -0.1) is 0 Å². The molecule has 0 bridgehead atoms. The molecule has 4 rings (SSSR count). The fraction of sp³-hybridized carbons (Fsp3) is 0.391. The highest BCUT2D eigenvalue weighted by Gasteiger charge is 2.33. The summed E-state index contributed by atoms with van der Waals surface area (Å²) >= 11 is 0. The van der Waals surface area contributed by atoms with Crippen LogP contribution in [0.15, 0.2) is 35.5 Å². The Balaban J connectivity index is 1.77. The highest BCUT2D eigenvalue weighted by Crippen LogP contribution is 2.37. The van der Waals surface area contributed by atoms with Crippen molar-refractivity contribution in [3.63, 3.8) is 0 Å². The maximum absolute atomic E-state index is 13.6. The molecule has 3 aromatic rings. The van der Waals surface area contributed by atoms with Crippen LogP contribution in [0.25, 0.3) is 11.1 Å². The SMILES string of the molecule is Cc1cnccc1-c1cn[nH]c1[C@@H]1CCCCN1C(=O)c1c(C)cc(C)n(C)c1=O. The Bertz CT molecular complexity index is 1160. The summed E-state index contributed by atoms with van der Waals surface area (Å²) in [7, 11) is 1.71. The van der Waals surface area contributed by atoms with Crippen LogP contribution in [0.1, 0.15) is 58.2 Å². The number of nitrogens with one attached hydrogen (secondary N) is 1. The first kappa shape index (κ1) is 20.1. The van der Waals surface area contributed by atoms with Crippen molar-refractivity contribution in [3.8, 4) is 11.1 Å². The molecule has 7 nitrogen and oxygen atoms in total. The van der Waals surface area contributed by atoms with Gasteiger partial charge in [0.15, 0.2) is 0 Å². The van der Waals surface area contributed by atoms with Gasteiger partial charge in [0.05, 0.1) is 17.9 Å². The molecule has 1 amide bonds.